The molecule has 32 heavy (non-hydrogen) atoms. The number of carbonyl (C=O) groups is 2. The van der Waals surface area contributed by atoms with Gasteiger partial charge in [0.15, 0.2) is 0 Å². The molecular formula is C27H40ClNO3. The van der Waals surface area contributed by atoms with Crippen LogP contribution in [-0.4, -0.2) is 28.4 Å². The van der Waals surface area contributed by atoms with E-state index < -0.39 is 16.8 Å². The average molecular weight is 462 g/mol. The normalized spacial score (nSPS) is 20.0. The zero-order valence-electron chi connectivity index (χ0n) is 21.0. The first-order chi connectivity index (χ1) is 14.5. The van der Waals surface area contributed by atoms with Crippen molar-refractivity contribution >= 4 is 23.5 Å². The molecule has 0 aliphatic carbocycles. The Kier molecular flexibility index (Phi) is 7.92. The standard InChI is InChI=1S/C27H40ClNO3/c1-18(2)21-16-29(17-26(6,7)15-24(31)32)23(30)14-27(21,8)20-10-9-19(22(28)13-20)11-12-25(3,4)5/h9-10,13,16,18H,11-12,14-15,17H2,1-8H3,(H,31,32)/t27-/m1/s1. The largest absolute Gasteiger partial charge is 0.481 e. The molecule has 5 heteroatoms. The van der Waals surface area contributed by atoms with E-state index in [9.17, 15) is 14.7 Å². The molecule has 4 nitrogen and oxygen atoms in total. The Morgan fingerprint density at radius 3 is 2.34 bits per heavy atom. The van der Waals surface area contributed by atoms with Crippen LogP contribution >= 0.6 is 11.6 Å². The number of carboxylic acid groups (broad SMARTS) is 1. The molecule has 0 spiro atoms. The summed E-state index contributed by atoms with van der Waals surface area (Å²) in [5, 5.41) is 9.97. The van der Waals surface area contributed by atoms with E-state index in [0.717, 1.165) is 29.0 Å². The van der Waals surface area contributed by atoms with Gasteiger partial charge in [-0.3, -0.25) is 9.59 Å². The number of rotatable bonds is 8. The first kappa shape index (κ1) is 26.4. The van der Waals surface area contributed by atoms with Gasteiger partial charge < -0.3 is 10.0 Å². The van der Waals surface area contributed by atoms with E-state index in [1.54, 1.807) is 4.90 Å². The van der Waals surface area contributed by atoms with Crippen LogP contribution in [0.3, 0.4) is 0 Å². The lowest BCUT2D eigenvalue weighted by molar-refractivity contribution is -0.141. The van der Waals surface area contributed by atoms with Gasteiger partial charge >= 0.3 is 5.97 Å². The zero-order chi connectivity index (χ0) is 24.5. The van der Waals surface area contributed by atoms with Crippen LogP contribution in [0.15, 0.2) is 30.0 Å². The highest BCUT2D eigenvalue weighted by atomic mass is 35.5. The molecule has 2 rings (SSSR count). The van der Waals surface area contributed by atoms with E-state index in [4.69, 9.17) is 11.6 Å². The maximum absolute atomic E-state index is 13.2. The van der Waals surface area contributed by atoms with Crippen molar-refractivity contribution in [1.82, 2.24) is 4.90 Å². The van der Waals surface area contributed by atoms with Crippen molar-refractivity contribution in [3.05, 3.63) is 46.1 Å². The summed E-state index contributed by atoms with van der Waals surface area (Å²) < 4.78 is 0. The summed E-state index contributed by atoms with van der Waals surface area (Å²) >= 11 is 6.70. The van der Waals surface area contributed by atoms with Crippen LogP contribution in [0.4, 0.5) is 0 Å². The highest BCUT2D eigenvalue weighted by Gasteiger charge is 2.41. The highest BCUT2D eigenvalue weighted by molar-refractivity contribution is 6.31. The Morgan fingerprint density at radius 1 is 1.22 bits per heavy atom. The molecule has 1 aliphatic rings. The number of nitrogens with zero attached hydrogens (tertiary/aromatic N) is 1. The van der Waals surface area contributed by atoms with Crippen LogP contribution in [0, 0.1) is 16.7 Å². The molecule has 0 radical (unpaired) electrons. The van der Waals surface area contributed by atoms with Gasteiger partial charge in [-0.25, -0.2) is 0 Å². The Bertz CT molecular complexity index is 895. The number of allylic oxidation sites excluding steroid dienone is 1. The maximum atomic E-state index is 13.2. The second-order valence-electron chi connectivity index (χ2n) is 11.9. The maximum Gasteiger partial charge on any atom is 0.303 e. The van der Waals surface area contributed by atoms with Gasteiger partial charge in [0.05, 0.1) is 6.42 Å². The van der Waals surface area contributed by atoms with Gasteiger partial charge in [0.2, 0.25) is 5.91 Å². The second-order valence-corrected chi connectivity index (χ2v) is 12.3. The van der Waals surface area contributed by atoms with Crippen molar-refractivity contribution in [2.45, 2.75) is 86.5 Å². The molecule has 1 aliphatic heterocycles. The van der Waals surface area contributed by atoms with Gasteiger partial charge in [-0.05, 0) is 52.4 Å². The zero-order valence-corrected chi connectivity index (χ0v) is 21.8. The van der Waals surface area contributed by atoms with Crippen molar-refractivity contribution in [2.24, 2.45) is 16.7 Å². The van der Waals surface area contributed by atoms with Gasteiger partial charge in [-0.15, -0.1) is 0 Å². The molecule has 0 unspecified atom stereocenters. The number of hydrogen-bond acceptors (Lipinski definition) is 2. The number of hydrogen-bond donors (Lipinski definition) is 1. The van der Waals surface area contributed by atoms with Crippen molar-refractivity contribution in [3.8, 4) is 0 Å². The minimum atomic E-state index is -0.849. The van der Waals surface area contributed by atoms with Gasteiger partial charge in [0.25, 0.3) is 0 Å². The summed E-state index contributed by atoms with van der Waals surface area (Å²) in [7, 11) is 0. The molecule has 0 saturated carbocycles. The predicted octanol–water partition coefficient (Wildman–Crippen LogP) is 6.85. The van der Waals surface area contributed by atoms with Crippen LogP contribution in [0.1, 0.15) is 85.8 Å². The third kappa shape index (κ3) is 6.60. The summed E-state index contributed by atoms with van der Waals surface area (Å²) in [6, 6.07) is 6.27. The number of benzene rings is 1. The number of aliphatic carboxylic acids is 1. The van der Waals surface area contributed by atoms with Gasteiger partial charge in [-0.1, -0.05) is 79.1 Å². The summed E-state index contributed by atoms with van der Waals surface area (Å²) in [6.07, 6.45) is 4.31. The van der Waals surface area contributed by atoms with Crippen molar-refractivity contribution in [2.75, 3.05) is 6.54 Å². The minimum Gasteiger partial charge on any atom is -0.481 e. The molecule has 0 fully saturated rings. The summed E-state index contributed by atoms with van der Waals surface area (Å²) in [5.41, 5.74) is 2.66. The van der Waals surface area contributed by atoms with E-state index in [1.165, 1.54) is 5.57 Å². The number of amides is 1. The van der Waals surface area contributed by atoms with E-state index in [0.29, 0.717) is 13.0 Å². The first-order valence-electron chi connectivity index (χ1n) is 11.6. The Labute approximate surface area is 199 Å². The molecule has 1 aromatic carbocycles. The fourth-order valence-electron chi connectivity index (χ4n) is 4.61. The van der Waals surface area contributed by atoms with E-state index >= 15 is 0 Å². The monoisotopic (exact) mass is 461 g/mol. The average Bonchev–Trinajstić information content (AvgIpc) is 2.60. The van der Waals surface area contributed by atoms with Gasteiger partial charge in [0.1, 0.15) is 0 Å². The van der Waals surface area contributed by atoms with Crippen LogP contribution < -0.4 is 0 Å². The molecule has 178 valence electrons. The molecule has 1 N–H and O–H groups in total. The SMILES string of the molecule is CC(C)C1=CN(CC(C)(C)CC(=O)O)C(=O)C[C@]1(C)c1ccc(CCC(C)(C)C)c(Cl)c1. The van der Waals surface area contributed by atoms with Gasteiger partial charge in [-0.2, -0.15) is 0 Å². The Hall–Kier alpha value is -1.81. The van der Waals surface area contributed by atoms with E-state index in [2.05, 4.69) is 53.7 Å². The Morgan fingerprint density at radius 2 is 1.84 bits per heavy atom. The highest BCUT2D eigenvalue weighted by Crippen LogP contribution is 2.44. The molecule has 1 amide bonds. The van der Waals surface area contributed by atoms with Crippen molar-refractivity contribution in [3.63, 3.8) is 0 Å². The van der Waals surface area contributed by atoms with Crippen LogP contribution in [0.25, 0.3) is 0 Å². The fourth-order valence-corrected chi connectivity index (χ4v) is 4.88. The number of aryl methyl sites for hydroxylation is 1. The molecule has 1 aromatic rings. The lowest BCUT2D eigenvalue weighted by Crippen LogP contribution is -2.45. The summed E-state index contributed by atoms with van der Waals surface area (Å²) in [6.45, 7) is 17.3. The quantitative estimate of drug-likeness (QED) is 0.460. The molecule has 1 heterocycles. The first-order valence-corrected chi connectivity index (χ1v) is 11.9. The second kappa shape index (κ2) is 9.59. The number of carboxylic acids is 1. The smallest absolute Gasteiger partial charge is 0.303 e. The molecular weight excluding hydrogens is 422 g/mol. The summed E-state index contributed by atoms with van der Waals surface area (Å²) in [5.74, 6) is -0.598. The molecule has 1 atom stereocenters. The lowest BCUT2D eigenvalue weighted by atomic mass is 9.68. The van der Waals surface area contributed by atoms with Gasteiger partial charge in [0, 0.05) is 29.6 Å². The Balaban J connectivity index is 2.38. The van der Waals surface area contributed by atoms with Crippen molar-refractivity contribution < 1.29 is 14.7 Å². The molecule has 0 aromatic heterocycles. The predicted molar refractivity (Wildman–Crippen MR) is 132 cm³/mol. The third-order valence-corrected chi connectivity index (χ3v) is 6.79. The third-order valence-electron chi connectivity index (χ3n) is 6.44. The topological polar surface area (TPSA) is 57.6 Å². The number of halogens is 1. The number of carbonyl (C=O) groups excluding carboxylic acids is 1. The van der Waals surface area contributed by atoms with Crippen LogP contribution in [0.2, 0.25) is 5.02 Å². The van der Waals surface area contributed by atoms with Crippen LogP contribution in [-0.2, 0) is 21.4 Å². The summed E-state index contributed by atoms with van der Waals surface area (Å²) in [4.78, 5) is 26.1. The minimum absolute atomic E-state index is 0.0169. The fraction of sp³-hybridized carbons (Fsp3) is 0.630. The van der Waals surface area contributed by atoms with Crippen LogP contribution in [0.5, 0.6) is 0 Å². The lowest BCUT2D eigenvalue weighted by Gasteiger charge is -2.43. The molecule has 0 saturated heterocycles. The van der Waals surface area contributed by atoms with Crippen molar-refractivity contribution in [1.29, 1.82) is 0 Å². The molecule has 0 bridgehead atoms. The van der Waals surface area contributed by atoms with E-state index in [1.807, 2.05) is 26.1 Å². The van der Waals surface area contributed by atoms with E-state index in [-0.39, 0.29) is 23.7 Å².